The molecule has 4 atom stereocenters. The lowest BCUT2D eigenvalue weighted by Gasteiger charge is -2.34. The summed E-state index contributed by atoms with van der Waals surface area (Å²) in [5, 5.41) is 13.2. The van der Waals surface area contributed by atoms with Crippen molar-refractivity contribution in [2.24, 2.45) is 5.92 Å². The molecule has 0 fully saturated rings. The fraction of sp³-hybridized carbons (Fsp3) is 0.552. The van der Waals surface area contributed by atoms with Crippen LogP contribution >= 0.6 is 0 Å². The van der Waals surface area contributed by atoms with E-state index in [1.165, 1.54) is 6.07 Å². The van der Waals surface area contributed by atoms with Gasteiger partial charge in [-0.1, -0.05) is 24.6 Å². The van der Waals surface area contributed by atoms with E-state index in [0.717, 1.165) is 24.8 Å². The van der Waals surface area contributed by atoms with Crippen LogP contribution in [-0.4, -0.2) is 75.9 Å². The van der Waals surface area contributed by atoms with Gasteiger partial charge < -0.3 is 24.8 Å². The summed E-state index contributed by atoms with van der Waals surface area (Å²) in [5.41, 5.74) is 1.44. The van der Waals surface area contributed by atoms with Gasteiger partial charge in [0.15, 0.2) is 0 Å². The van der Waals surface area contributed by atoms with Gasteiger partial charge in [0.2, 0.25) is 0 Å². The van der Waals surface area contributed by atoms with E-state index >= 15 is 0 Å². The molecule has 0 bridgehead atoms. The Labute approximate surface area is 232 Å². The fourth-order valence-corrected chi connectivity index (χ4v) is 5.66. The number of likely N-dealkylation sites (N-methyl/N-ethyl adjacent to an activating group) is 1. The average molecular weight is 562 g/mol. The summed E-state index contributed by atoms with van der Waals surface area (Å²) in [4.78, 5) is 15.8. The number of benzene rings is 2. The van der Waals surface area contributed by atoms with Crippen molar-refractivity contribution in [3.05, 3.63) is 53.6 Å². The first-order valence-electron chi connectivity index (χ1n) is 13.6. The molecule has 0 saturated heterocycles. The van der Waals surface area contributed by atoms with E-state index in [1.54, 1.807) is 48.2 Å². The number of hydrogen-bond acceptors (Lipinski definition) is 7. The Morgan fingerprint density at radius 3 is 2.51 bits per heavy atom. The Bertz CT molecular complexity index is 1190. The van der Waals surface area contributed by atoms with Crippen LogP contribution in [0, 0.1) is 12.8 Å². The van der Waals surface area contributed by atoms with Gasteiger partial charge in [-0.25, -0.2) is 8.42 Å². The van der Waals surface area contributed by atoms with Gasteiger partial charge in [-0.2, -0.15) is 0 Å². The van der Waals surface area contributed by atoms with Crippen LogP contribution in [0.5, 0.6) is 5.75 Å². The predicted octanol–water partition coefficient (Wildman–Crippen LogP) is 3.81. The maximum absolute atomic E-state index is 14.1. The van der Waals surface area contributed by atoms with Crippen molar-refractivity contribution in [3.8, 4) is 5.75 Å². The van der Waals surface area contributed by atoms with Crippen LogP contribution in [0.1, 0.15) is 56.0 Å². The first kappa shape index (κ1) is 30.9. The lowest BCUT2D eigenvalue weighted by Crippen LogP contribution is -2.47. The van der Waals surface area contributed by atoms with Gasteiger partial charge in [0.1, 0.15) is 5.75 Å². The van der Waals surface area contributed by atoms with E-state index in [0.29, 0.717) is 25.4 Å². The van der Waals surface area contributed by atoms with Gasteiger partial charge in [0, 0.05) is 31.3 Å². The minimum atomic E-state index is -3.87. The number of rotatable bonds is 7. The highest BCUT2D eigenvalue weighted by Crippen LogP contribution is 2.29. The smallest absolute Gasteiger partial charge is 0.261 e. The first-order chi connectivity index (χ1) is 18.6. The molecule has 3 N–H and O–H groups in total. The number of nitrogens with one attached hydrogen (secondary N) is 2. The molecule has 1 heterocycles. The summed E-state index contributed by atoms with van der Waals surface area (Å²) in [6.07, 6.45) is 2.31. The molecule has 0 unspecified atom stereocenters. The normalized spacial score (nSPS) is 22.4. The quantitative estimate of drug-likeness (QED) is 0.471. The highest BCUT2D eigenvalue weighted by atomic mass is 32.2. The van der Waals surface area contributed by atoms with E-state index in [1.807, 2.05) is 27.8 Å². The van der Waals surface area contributed by atoms with Crippen LogP contribution in [0.2, 0.25) is 0 Å². The minimum Gasteiger partial charge on any atom is -0.490 e. The van der Waals surface area contributed by atoms with Crippen molar-refractivity contribution in [1.82, 2.24) is 10.2 Å². The molecular formula is C29H43N3O6S. The van der Waals surface area contributed by atoms with Crippen molar-refractivity contribution in [2.75, 3.05) is 38.1 Å². The molecular weight excluding hydrogens is 518 g/mol. The third-order valence-corrected chi connectivity index (χ3v) is 8.44. The summed E-state index contributed by atoms with van der Waals surface area (Å²) in [7, 11) is -2.00. The van der Waals surface area contributed by atoms with E-state index in [9.17, 15) is 18.3 Å². The average Bonchev–Trinajstić information content (AvgIpc) is 2.90. The minimum absolute atomic E-state index is 0.0233. The number of aliphatic hydroxyl groups is 1. The van der Waals surface area contributed by atoms with Crippen molar-refractivity contribution in [3.63, 3.8) is 0 Å². The molecule has 9 nitrogen and oxygen atoms in total. The second-order valence-electron chi connectivity index (χ2n) is 10.5. The summed E-state index contributed by atoms with van der Waals surface area (Å²) in [6.45, 7) is 9.04. The Kier molecular flexibility index (Phi) is 11.2. The lowest BCUT2D eigenvalue weighted by atomic mass is 10.0. The zero-order chi connectivity index (χ0) is 28.6. The van der Waals surface area contributed by atoms with Crippen molar-refractivity contribution >= 4 is 21.6 Å². The van der Waals surface area contributed by atoms with Gasteiger partial charge in [0.25, 0.3) is 15.9 Å². The molecule has 0 aliphatic carbocycles. The van der Waals surface area contributed by atoms with E-state index in [-0.39, 0.29) is 46.8 Å². The van der Waals surface area contributed by atoms with Crippen LogP contribution in [0.4, 0.5) is 5.69 Å². The molecule has 0 radical (unpaired) electrons. The molecule has 216 valence electrons. The second kappa shape index (κ2) is 14.1. The molecule has 2 aromatic rings. The number of fused-ring (bicyclic) bond motifs is 1. The van der Waals surface area contributed by atoms with Gasteiger partial charge in [-0.3, -0.25) is 9.52 Å². The zero-order valence-corrected chi connectivity index (χ0v) is 24.5. The first-order valence-corrected chi connectivity index (χ1v) is 15.1. The monoisotopic (exact) mass is 561 g/mol. The van der Waals surface area contributed by atoms with Crippen LogP contribution in [0.25, 0.3) is 0 Å². The van der Waals surface area contributed by atoms with Gasteiger partial charge in [-0.15, -0.1) is 0 Å². The van der Waals surface area contributed by atoms with E-state index in [2.05, 4.69) is 10.0 Å². The van der Waals surface area contributed by atoms with Gasteiger partial charge in [-0.05, 0) is 77.4 Å². The second-order valence-corrected chi connectivity index (χ2v) is 12.2. The summed E-state index contributed by atoms with van der Waals surface area (Å²) < 4.78 is 41.1. The van der Waals surface area contributed by atoms with E-state index in [4.69, 9.17) is 9.47 Å². The van der Waals surface area contributed by atoms with Crippen LogP contribution in [0.3, 0.4) is 0 Å². The predicted molar refractivity (Wildman–Crippen MR) is 153 cm³/mol. The molecule has 3 rings (SSSR count). The summed E-state index contributed by atoms with van der Waals surface area (Å²) in [5.74, 6) is 0.0146. The number of anilines is 1. The SMILES string of the molecule is CNC[C@@H]1OCCCC[C@@H](C)Oc2ccc(NS(=O)(=O)c3ccc(C)cc3)cc2C(=O)N([C@@H](C)CO)C[C@H]1C. The Morgan fingerprint density at radius 2 is 1.85 bits per heavy atom. The molecule has 0 aromatic heterocycles. The summed E-state index contributed by atoms with van der Waals surface area (Å²) >= 11 is 0. The van der Waals surface area contributed by atoms with Crippen molar-refractivity contribution in [2.45, 2.75) is 70.1 Å². The number of aryl methyl sites for hydroxylation is 1. The van der Waals surface area contributed by atoms with Crippen LogP contribution in [-0.2, 0) is 14.8 Å². The number of nitrogens with zero attached hydrogens (tertiary/aromatic N) is 1. The van der Waals surface area contributed by atoms with Gasteiger partial charge in [0.05, 0.1) is 35.3 Å². The maximum atomic E-state index is 14.1. The number of amides is 1. The van der Waals surface area contributed by atoms with E-state index < -0.39 is 16.1 Å². The van der Waals surface area contributed by atoms with Crippen molar-refractivity contribution < 1.29 is 27.8 Å². The molecule has 39 heavy (non-hydrogen) atoms. The molecule has 10 heteroatoms. The van der Waals surface area contributed by atoms with Crippen LogP contribution < -0.4 is 14.8 Å². The Hall–Kier alpha value is -2.66. The summed E-state index contributed by atoms with van der Waals surface area (Å²) in [6, 6.07) is 10.8. The van der Waals surface area contributed by atoms with Crippen LogP contribution in [0.15, 0.2) is 47.4 Å². The number of ether oxygens (including phenoxy) is 2. The number of aliphatic hydroxyl groups excluding tert-OH is 1. The van der Waals surface area contributed by atoms with Gasteiger partial charge >= 0.3 is 0 Å². The molecule has 0 spiro atoms. The standard InChI is InChI=1S/C29H43N3O6S/c1-20-9-12-25(13-10-20)39(35,36)31-24-11-14-27-26(16-24)29(34)32(22(3)19-33)18-21(2)28(17-30-5)37-15-7-6-8-23(4)38-27/h9-14,16,21-23,28,30-31,33H,6-8,15,17-19H2,1-5H3/t21-,22+,23-,28+/m1/s1. The Balaban J connectivity index is 2.02. The largest absolute Gasteiger partial charge is 0.490 e. The number of hydrogen-bond donors (Lipinski definition) is 3. The molecule has 1 aliphatic heterocycles. The highest BCUT2D eigenvalue weighted by molar-refractivity contribution is 7.92. The highest BCUT2D eigenvalue weighted by Gasteiger charge is 2.30. The maximum Gasteiger partial charge on any atom is 0.261 e. The van der Waals surface area contributed by atoms with Crippen molar-refractivity contribution in [1.29, 1.82) is 0 Å². The third kappa shape index (κ3) is 8.41. The molecule has 1 amide bonds. The Morgan fingerprint density at radius 1 is 1.13 bits per heavy atom. The molecule has 1 aliphatic rings. The molecule has 2 aromatic carbocycles. The number of carbonyl (C=O) groups is 1. The lowest BCUT2D eigenvalue weighted by molar-refractivity contribution is -0.000450. The number of carbonyl (C=O) groups excluding carboxylic acids is 1. The fourth-order valence-electron chi connectivity index (χ4n) is 4.61. The number of sulfonamides is 1. The third-order valence-electron chi connectivity index (χ3n) is 7.04. The topological polar surface area (TPSA) is 117 Å². The zero-order valence-electron chi connectivity index (χ0n) is 23.6. The molecule has 0 saturated carbocycles.